The van der Waals surface area contributed by atoms with E-state index < -0.39 is 60.2 Å². The quantitative estimate of drug-likeness (QED) is 0.137. The van der Waals surface area contributed by atoms with Crippen LogP contribution in [-0.4, -0.2) is 81.2 Å². The van der Waals surface area contributed by atoms with E-state index in [1.54, 1.807) is 0 Å². The lowest BCUT2D eigenvalue weighted by Crippen LogP contribution is -2.57. The van der Waals surface area contributed by atoms with Crippen molar-refractivity contribution in [3.05, 3.63) is 65.7 Å². The summed E-state index contributed by atoms with van der Waals surface area (Å²) >= 11 is 1.44. The fourth-order valence-corrected chi connectivity index (χ4v) is 4.36. The minimum Gasteiger partial charge on any atom is -0.508 e. The molecule has 13 heteroatoms. The first-order chi connectivity index (χ1) is 19.5. The third-order valence-corrected chi connectivity index (χ3v) is 6.79. The highest BCUT2D eigenvalue weighted by Crippen LogP contribution is 2.12. The number of hydrogen-bond acceptors (Lipinski definition) is 8. The van der Waals surface area contributed by atoms with Crippen LogP contribution in [0.2, 0.25) is 0 Å². The van der Waals surface area contributed by atoms with Crippen molar-refractivity contribution in [3.63, 3.8) is 0 Å². The number of carboxylic acid groups (broad SMARTS) is 2. The highest BCUT2D eigenvalue weighted by Gasteiger charge is 2.30. The smallest absolute Gasteiger partial charge is 0.326 e. The first-order valence-corrected chi connectivity index (χ1v) is 14.3. The minimum atomic E-state index is -1.39. The highest BCUT2D eigenvalue weighted by molar-refractivity contribution is 7.98. The number of nitrogens with two attached hydrogens (primary N) is 1. The van der Waals surface area contributed by atoms with Gasteiger partial charge in [-0.15, -0.1) is 0 Å². The van der Waals surface area contributed by atoms with Gasteiger partial charge in [0, 0.05) is 12.8 Å². The number of rotatable bonds is 17. The van der Waals surface area contributed by atoms with Gasteiger partial charge in [-0.3, -0.25) is 19.2 Å². The maximum Gasteiger partial charge on any atom is 0.326 e. The van der Waals surface area contributed by atoms with Crippen molar-refractivity contribution in [2.45, 2.75) is 56.3 Å². The number of phenols is 1. The Hall–Kier alpha value is -4.10. The number of phenolic OH excluding ortho intramolecular Hbond substituents is 1. The predicted octanol–water partition coefficient (Wildman–Crippen LogP) is 0.662. The van der Waals surface area contributed by atoms with Crippen LogP contribution >= 0.6 is 11.8 Å². The Bertz CT molecular complexity index is 1180. The van der Waals surface area contributed by atoms with E-state index in [0.717, 1.165) is 5.56 Å². The maximum absolute atomic E-state index is 13.2. The van der Waals surface area contributed by atoms with Gasteiger partial charge in [0.1, 0.15) is 23.9 Å². The zero-order valence-corrected chi connectivity index (χ0v) is 23.4. The van der Waals surface area contributed by atoms with Crippen molar-refractivity contribution in [2.75, 3.05) is 12.0 Å². The number of carboxylic acids is 2. The molecule has 0 aliphatic rings. The molecule has 3 amide bonds. The van der Waals surface area contributed by atoms with Crippen molar-refractivity contribution in [3.8, 4) is 5.75 Å². The van der Waals surface area contributed by atoms with Gasteiger partial charge in [0.05, 0.1) is 6.04 Å². The van der Waals surface area contributed by atoms with Gasteiger partial charge in [0.25, 0.3) is 0 Å². The molecular weight excluding hydrogens is 552 g/mol. The largest absolute Gasteiger partial charge is 0.508 e. The molecular formula is C28H36N4O8S. The van der Waals surface area contributed by atoms with Crippen molar-refractivity contribution < 1.29 is 39.3 Å². The van der Waals surface area contributed by atoms with Gasteiger partial charge in [-0.05, 0) is 54.5 Å². The van der Waals surface area contributed by atoms with E-state index in [2.05, 4.69) is 16.0 Å². The Morgan fingerprint density at radius 2 is 1.29 bits per heavy atom. The number of thioether (sulfide) groups is 1. The summed E-state index contributed by atoms with van der Waals surface area (Å²) in [7, 11) is 0. The van der Waals surface area contributed by atoms with Gasteiger partial charge in [0.15, 0.2) is 0 Å². The summed E-state index contributed by atoms with van der Waals surface area (Å²) in [4.78, 5) is 62.2. The number of aliphatic carboxylic acids is 2. The number of hydrogen-bond donors (Lipinski definition) is 7. The summed E-state index contributed by atoms with van der Waals surface area (Å²) in [5.41, 5.74) is 7.42. The number of amides is 3. The second kappa shape index (κ2) is 16.9. The predicted molar refractivity (Wildman–Crippen MR) is 153 cm³/mol. The van der Waals surface area contributed by atoms with Gasteiger partial charge in [-0.25, -0.2) is 4.79 Å². The molecule has 0 radical (unpaired) electrons. The highest BCUT2D eigenvalue weighted by atomic mass is 32.2. The van der Waals surface area contributed by atoms with Crippen molar-refractivity contribution in [1.29, 1.82) is 0 Å². The van der Waals surface area contributed by atoms with Crippen molar-refractivity contribution in [2.24, 2.45) is 5.73 Å². The molecule has 2 rings (SSSR count). The van der Waals surface area contributed by atoms with E-state index in [1.165, 1.54) is 36.0 Å². The maximum atomic E-state index is 13.2. The van der Waals surface area contributed by atoms with Gasteiger partial charge < -0.3 is 37.0 Å². The number of benzene rings is 2. The molecule has 41 heavy (non-hydrogen) atoms. The molecule has 8 N–H and O–H groups in total. The van der Waals surface area contributed by atoms with E-state index in [0.29, 0.717) is 11.3 Å². The molecule has 2 aromatic carbocycles. The second-order valence-electron chi connectivity index (χ2n) is 9.40. The third kappa shape index (κ3) is 11.9. The molecule has 12 nitrogen and oxygen atoms in total. The number of aromatic hydroxyl groups is 1. The standard InChI is InChI=1S/C28H36N4O8S/c1-41-14-13-22(30-25(36)20(29)15-17-5-3-2-4-6-17)27(38)31-21(11-12-24(34)35)26(37)32-23(28(39)40)16-18-7-9-19(33)10-8-18/h2-10,20-23,33H,11-16,29H2,1H3,(H,30,36)(H,31,38)(H,32,37)(H,34,35)(H,39,40). The summed E-state index contributed by atoms with van der Waals surface area (Å²) in [5.74, 6) is -4.25. The van der Waals surface area contributed by atoms with Crippen molar-refractivity contribution in [1.82, 2.24) is 16.0 Å². The van der Waals surface area contributed by atoms with E-state index in [9.17, 15) is 34.2 Å². The lowest BCUT2D eigenvalue weighted by molar-refractivity contribution is -0.143. The molecule has 2 aromatic rings. The first-order valence-electron chi connectivity index (χ1n) is 12.9. The molecule has 0 saturated carbocycles. The minimum absolute atomic E-state index is 0.00903. The van der Waals surface area contributed by atoms with Crippen LogP contribution in [0, 0.1) is 0 Å². The van der Waals surface area contributed by atoms with Crippen LogP contribution in [-0.2, 0) is 36.8 Å². The molecule has 0 aliphatic heterocycles. The van der Waals surface area contributed by atoms with Gasteiger partial charge >= 0.3 is 11.9 Å². The Morgan fingerprint density at radius 3 is 1.85 bits per heavy atom. The number of carbonyl (C=O) groups is 5. The van der Waals surface area contributed by atoms with E-state index in [1.807, 2.05) is 36.6 Å². The van der Waals surface area contributed by atoms with Crippen LogP contribution in [0.1, 0.15) is 30.4 Å². The molecule has 0 fully saturated rings. The first kappa shape index (κ1) is 33.1. The number of nitrogens with one attached hydrogen (secondary N) is 3. The molecule has 0 heterocycles. The molecule has 222 valence electrons. The van der Waals surface area contributed by atoms with Crippen LogP contribution in [0.15, 0.2) is 54.6 Å². The fourth-order valence-electron chi connectivity index (χ4n) is 3.89. The van der Waals surface area contributed by atoms with Gasteiger partial charge in [0.2, 0.25) is 17.7 Å². The SMILES string of the molecule is CSCCC(NC(=O)C(N)Cc1ccccc1)C(=O)NC(CCC(=O)O)C(=O)NC(Cc1ccc(O)cc1)C(=O)O. The van der Waals surface area contributed by atoms with Crippen molar-refractivity contribution >= 4 is 41.4 Å². The summed E-state index contributed by atoms with van der Waals surface area (Å²) in [5, 5.41) is 35.7. The molecule has 0 aliphatic carbocycles. The average molecular weight is 589 g/mol. The zero-order valence-electron chi connectivity index (χ0n) is 22.6. The third-order valence-electron chi connectivity index (χ3n) is 6.15. The molecule has 0 bridgehead atoms. The Balaban J connectivity index is 2.14. The van der Waals surface area contributed by atoms with Crippen LogP contribution < -0.4 is 21.7 Å². The monoisotopic (exact) mass is 588 g/mol. The summed E-state index contributed by atoms with van der Waals surface area (Å²) in [6.45, 7) is 0. The Morgan fingerprint density at radius 1 is 0.756 bits per heavy atom. The lowest BCUT2D eigenvalue weighted by atomic mass is 10.0. The lowest BCUT2D eigenvalue weighted by Gasteiger charge is -2.25. The van der Waals surface area contributed by atoms with Crippen LogP contribution in [0.3, 0.4) is 0 Å². The molecule has 4 atom stereocenters. The molecule has 0 saturated heterocycles. The van der Waals surface area contributed by atoms with Gasteiger partial charge in [-0.2, -0.15) is 11.8 Å². The normalized spacial score (nSPS) is 13.7. The number of carbonyl (C=O) groups excluding carboxylic acids is 3. The van der Waals surface area contributed by atoms with E-state index in [4.69, 9.17) is 10.8 Å². The molecule has 0 spiro atoms. The van der Waals surface area contributed by atoms with E-state index >= 15 is 0 Å². The topological polar surface area (TPSA) is 208 Å². The molecule has 4 unspecified atom stereocenters. The Labute approximate surface area is 242 Å². The van der Waals surface area contributed by atoms with Gasteiger partial charge in [-0.1, -0.05) is 42.5 Å². The van der Waals surface area contributed by atoms with Crippen LogP contribution in [0.5, 0.6) is 5.75 Å². The zero-order chi connectivity index (χ0) is 30.4. The fraction of sp³-hybridized carbons (Fsp3) is 0.393. The van der Waals surface area contributed by atoms with Crippen LogP contribution in [0.4, 0.5) is 0 Å². The summed E-state index contributed by atoms with van der Waals surface area (Å²) in [6.07, 6.45) is 1.37. The van der Waals surface area contributed by atoms with E-state index in [-0.39, 0.29) is 31.4 Å². The summed E-state index contributed by atoms with van der Waals surface area (Å²) in [6, 6.07) is 10.1. The average Bonchev–Trinajstić information content (AvgIpc) is 2.93. The second-order valence-corrected chi connectivity index (χ2v) is 10.4. The summed E-state index contributed by atoms with van der Waals surface area (Å²) < 4.78 is 0. The van der Waals surface area contributed by atoms with Crippen LogP contribution in [0.25, 0.3) is 0 Å². The molecule has 0 aromatic heterocycles. The Kier molecular flexibility index (Phi) is 13.6.